The molecule has 1 aliphatic rings. The number of hydrogen-bond acceptors (Lipinski definition) is 1. The Labute approximate surface area is 333 Å². The molecule has 0 bridgehead atoms. The van der Waals surface area contributed by atoms with E-state index in [9.17, 15) is 0 Å². The van der Waals surface area contributed by atoms with E-state index in [1.54, 1.807) is 0 Å². The van der Waals surface area contributed by atoms with Crippen LogP contribution in [0, 0.1) is 0 Å². The molecule has 8 aromatic carbocycles. The molecule has 1 nitrogen and oxygen atoms in total. The molecule has 0 fully saturated rings. The zero-order chi connectivity index (χ0) is 38.8. The van der Waals surface area contributed by atoms with Crippen LogP contribution < -0.4 is 4.90 Å². The van der Waals surface area contributed by atoms with Gasteiger partial charge in [0, 0.05) is 22.4 Å². The molecule has 0 N–H and O–H groups in total. The average Bonchev–Trinajstić information content (AvgIpc) is 3.43. The second-order valence-corrected chi connectivity index (χ2v) is 17.1. The van der Waals surface area contributed by atoms with Gasteiger partial charge in [0.2, 0.25) is 0 Å². The molecule has 0 spiro atoms. The minimum absolute atomic E-state index is 0.0469. The molecule has 56 heavy (non-hydrogen) atoms. The number of hydrogen-bond donors (Lipinski definition) is 0. The fourth-order valence-electron chi connectivity index (χ4n) is 9.33. The van der Waals surface area contributed by atoms with Crippen molar-refractivity contribution >= 4 is 38.6 Å². The summed E-state index contributed by atoms with van der Waals surface area (Å²) in [6.07, 6.45) is 1.93. The molecule has 0 unspecified atom stereocenters. The first-order valence-corrected chi connectivity index (χ1v) is 20.4. The molecule has 0 aromatic heterocycles. The summed E-state index contributed by atoms with van der Waals surface area (Å²) < 4.78 is 0. The van der Waals surface area contributed by atoms with Crippen LogP contribution in [0.25, 0.3) is 54.9 Å². The Morgan fingerprint density at radius 2 is 1.07 bits per heavy atom. The van der Waals surface area contributed by atoms with Crippen molar-refractivity contribution in [3.63, 3.8) is 0 Å². The third-order valence-electron chi connectivity index (χ3n) is 12.4. The highest BCUT2D eigenvalue weighted by Crippen LogP contribution is 2.53. The number of fused-ring (bicyclic) bond motifs is 5. The van der Waals surface area contributed by atoms with Crippen LogP contribution in [0.15, 0.2) is 158 Å². The quantitative estimate of drug-likeness (QED) is 0.158. The summed E-state index contributed by atoms with van der Waals surface area (Å²) in [5.41, 5.74) is 18.1. The normalized spacial score (nSPS) is 13.2. The van der Waals surface area contributed by atoms with Crippen LogP contribution in [0.4, 0.5) is 17.1 Å². The second kappa shape index (κ2) is 13.7. The van der Waals surface area contributed by atoms with Gasteiger partial charge in [0.05, 0.1) is 5.69 Å². The smallest absolute Gasteiger partial charge is 0.0546 e. The number of rotatable bonds is 7. The lowest BCUT2D eigenvalue weighted by Crippen LogP contribution is -2.16. The van der Waals surface area contributed by atoms with Crippen molar-refractivity contribution in [1.82, 2.24) is 0 Å². The number of benzene rings is 8. The van der Waals surface area contributed by atoms with E-state index in [0.717, 1.165) is 24.2 Å². The first kappa shape index (κ1) is 35.8. The Hall–Kier alpha value is -5.92. The first-order valence-electron chi connectivity index (χ1n) is 20.4. The Morgan fingerprint density at radius 1 is 0.464 bits per heavy atom. The molecule has 1 aliphatic carbocycles. The van der Waals surface area contributed by atoms with Gasteiger partial charge < -0.3 is 4.90 Å². The topological polar surface area (TPSA) is 3.24 Å². The summed E-state index contributed by atoms with van der Waals surface area (Å²) in [6, 6.07) is 59.7. The standard InChI is InChI=1S/C55H51N/c1-8-36-17-12-14-22-44(36)52-37(9-2)21-16-24-46(52)53-45-23-15-13-18-38(45)25-32-51(53)56(42-28-26-41(27-29-42)54(3,4)5)43-30-31-49-48(35-43)47-33-39-19-10-11-20-40(39)34-50(47)55(49,6)7/h10-35H,8-9H2,1-7H3. The Kier molecular flexibility index (Phi) is 8.73. The summed E-state index contributed by atoms with van der Waals surface area (Å²) >= 11 is 0. The molecule has 8 aromatic rings. The van der Waals surface area contributed by atoms with Crippen LogP contribution in [0.1, 0.15) is 76.3 Å². The highest BCUT2D eigenvalue weighted by molar-refractivity contribution is 6.09. The van der Waals surface area contributed by atoms with Crippen molar-refractivity contribution in [2.45, 2.75) is 72.1 Å². The van der Waals surface area contributed by atoms with E-state index in [2.05, 4.69) is 211 Å². The van der Waals surface area contributed by atoms with E-state index in [-0.39, 0.29) is 10.8 Å². The zero-order valence-electron chi connectivity index (χ0n) is 33.9. The molecule has 9 rings (SSSR count). The average molecular weight is 726 g/mol. The van der Waals surface area contributed by atoms with Gasteiger partial charge >= 0.3 is 0 Å². The number of aryl methyl sites for hydroxylation is 2. The summed E-state index contributed by atoms with van der Waals surface area (Å²) in [5.74, 6) is 0. The summed E-state index contributed by atoms with van der Waals surface area (Å²) in [4.78, 5) is 2.52. The van der Waals surface area contributed by atoms with Crippen molar-refractivity contribution < 1.29 is 0 Å². The summed E-state index contributed by atoms with van der Waals surface area (Å²) in [6.45, 7) is 16.2. The minimum atomic E-state index is -0.108. The lowest BCUT2D eigenvalue weighted by Gasteiger charge is -2.31. The molecule has 276 valence electrons. The predicted molar refractivity (Wildman–Crippen MR) is 242 cm³/mol. The maximum Gasteiger partial charge on any atom is 0.0546 e. The zero-order valence-corrected chi connectivity index (χ0v) is 33.9. The van der Waals surface area contributed by atoms with E-state index < -0.39 is 0 Å². The van der Waals surface area contributed by atoms with Gasteiger partial charge in [0.15, 0.2) is 0 Å². The van der Waals surface area contributed by atoms with Crippen LogP contribution in [-0.2, 0) is 23.7 Å². The lowest BCUT2D eigenvalue weighted by atomic mass is 9.82. The molecule has 0 atom stereocenters. The van der Waals surface area contributed by atoms with Crippen LogP contribution >= 0.6 is 0 Å². The van der Waals surface area contributed by atoms with E-state index in [1.165, 1.54) is 88.4 Å². The van der Waals surface area contributed by atoms with Crippen molar-refractivity contribution in [3.05, 3.63) is 186 Å². The molecular weight excluding hydrogens is 675 g/mol. The van der Waals surface area contributed by atoms with Gasteiger partial charge in [0.25, 0.3) is 0 Å². The summed E-state index contributed by atoms with van der Waals surface area (Å²) in [7, 11) is 0. The van der Waals surface area contributed by atoms with E-state index in [0.29, 0.717) is 0 Å². The molecule has 0 heterocycles. The lowest BCUT2D eigenvalue weighted by molar-refractivity contribution is 0.590. The molecule has 0 radical (unpaired) electrons. The van der Waals surface area contributed by atoms with Crippen molar-refractivity contribution in [2.75, 3.05) is 4.90 Å². The van der Waals surface area contributed by atoms with E-state index in [1.807, 2.05) is 0 Å². The Bertz CT molecular complexity index is 2770. The first-order chi connectivity index (χ1) is 27.1. The van der Waals surface area contributed by atoms with Gasteiger partial charge in [0.1, 0.15) is 0 Å². The van der Waals surface area contributed by atoms with Crippen LogP contribution in [0.5, 0.6) is 0 Å². The number of nitrogens with zero attached hydrogens (tertiary/aromatic N) is 1. The molecular formula is C55H51N. The molecule has 0 saturated heterocycles. The monoisotopic (exact) mass is 725 g/mol. The third-order valence-corrected chi connectivity index (χ3v) is 12.4. The third kappa shape index (κ3) is 5.84. The van der Waals surface area contributed by atoms with Gasteiger partial charge in [-0.1, -0.05) is 164 Å². The van der Waals surface area contributed by atoms with Gasteiger partial charge in [-0.15, -0.1) is 0 Å². The largest absolute Gasteiger partial charge is 0.310 e. The predicted octanol–water partition coefficient (Wildman–Crippen LogP) is 15.5. The fourth-order valence-corrected chi connectivity index (χ4v) is 9.33. The van der Waals surface area contributed by atoms with Crippen molar-refractivity contribution in [1.29, 1.82) is 0 Å². The van der Waals surface area contributed by atoms with Crippen LogP contribution in [-0.4, -0.2) is 0 Å². The van der Waals surface area contributed by atoms with E-state index >= 15 is 0 Å². The molecule has 0 saturated carbocycles. The van der Waals surface area contributed by atoms with Crippen LogP contribution in [0.3, 0.4) is 0 Å². The van der Waals surface area contributed by atoms with Crippen molar-refractivity contribution in [3.8, 4) is 33.4 Å². The highest BCUT2D eigenvalue weighted by Gasteiger charge is 2.36. The van der Waals surface area contributed by atoms with Crippen molar-refractivity contribution in [2.24, 2.45) is 0 Å². The SMILES string of the molecule is CCc1ccccc1-c1c(CC)cccc1-c1c(N(c2ccc(C(C)(C)C)cc2)c2ccc3c(c2)-c2cc4ccccc4cc2C3(C)C)ccc2ccccc12. The fraction of sp³-hybridized carbons (Fsp3) is 0.200. The molecule has 1 heteroatoms. The van der Waals surface area contributed by atoms with Gasteiger partial charge in [-0.3, -0.25) is 0 Å². The van der Waals surface area contributed by atoms with Crippen LogP contribution in [0.2, 0.25) is 0 Å². The van der Waals surface area contributed by atoms with Gasteiger partial charge in [-0.05, 0) is 138 Å². The van der Waals surface area contributed by atoms with Gasteiger partial charge in [-0.2, -0.15) is 0 Å². The van der Waals surface area contributed by atoms with Gasteiger partial charge in [-0.25, -0.2) is 0 Å². The Morgan fingerprint density at radius 3 is 1.80 bits per heavy atom. The van der Waals surface area contributed by atoms with E-state index in [4.69, 9.17) is 0 Å². The highest BCUT2D eigenvalue weighted by atomic mass is 15.1. The maximum atomic E-state index is 2.52. The molecule has 0 amide bonds. The number of anilines is 3. The Balaban J connectivity index is 1.35. The molecule has 0 aliphatic heterocycles. The second-order valence-electron chi connectivity index (χ2n) is 17.1. The summed E-state index contributed by atoms with van der Waals surface area (Å²) in [5, 5.41) is 5.07. The minimum Gasteiger partial charge on any atom is -0.310 e. The maximum absolute atomic E-state index is 2.52.